The van der Waals surface area contributed by atoms with Crippen LogP contribution in [0.4, 0.5) is 5.82 Å². The summed E-state index contributed by atoms with van der Waals surface area (Å²) >= 11 is 0. The predicted octanol–water partition coefficient (Wildman–Crippen LogP) is 3.02. The molecule has 1 N–H and O–H groups in total. The second-order valence-corrected chi connectivity index (χ2v) is 5.47. The fourth-order valence-electron chi connectivity index (χ4n) is 3.00. The highest BCUT2D eigenvalue weighted by atomic mass is 15.2. The summed E-state index contributed by atoms with van der Waals surface area (Å²) in [6.45, 7) is 4.33. The van der Waals surface area contributed by atoms with Crippen LogP contribution >= 0.6 is 0 Å². The smallest absolute Gasteiger partial charge is 0.240 e. The molecule has 0 aliphatic carbocycles. The monoisotopic (exact) mass is 295 g/mol. The molecule has 2 heterocycles. The van der Waals surface area contributed by atoms with E-state index in [1.165, 1.54) is 16.5 Å². The van der Waals surface area contributed by atoms with Gasteiger partial charge in [0.2, 0.25) is 17.5 Å². The standard InChI is InChI=1S/C18H22N4/c1-5-13-12-22(15-10-8-7-9-14(13)15)18-11-17(19-3)21(4)16(6-2)20-18/h7-12H,5-6H2,1-4H3/p+1. The van der Waals surface area contributed by atoms with E-state index in [9.17, 15) is 0 Å². The lowest BCUT2D eigenvalue weighted by Gasteiger charge is -2.08. The van der Waals surface area contributed by atoms with Gasteiger partial charge in [0.1, 0.15) is 0 Å². The van der Waals surface area contributed by atoms with Crippen molar-refractivity contribution in [1.82, 2.24) is 9.55 Å². The molecule has 1 aromatic carbocycles. The first-order valence-electron chi connectivity index (χ1n) is 7.86. The number of rotatable bonds is 4. The van der Waals surface area contributed by atoms with Crippen molar-refractivity contribution in [3.8, 4) is 5.82 Å². The number of para-hydroxylation sites is 1. The first-order valence-corrected chi connectivity index (χ1v) is 7.86. The van der Waals surface area contributed by atoms with Gasteiger partial charge in [0.15, 0.2) is 0 Å². The van der Waals surface area contributed by atoms with Gasteiger partial charge in [0.05, 0.1) is 18.6 Å². The molecule has 2 aromatic heterocycles. The summed E-state index contributed by atoms with van der Waals surface area (Å²) in [7, 11) is 4.00. The second kappa shape index (κ2) is 5.79. The molecule has 0 atom stereocenters. The number of hydrogen-bond acceptors (Lipinski definition) is 2. The maximum atomic E-state index is 4.85. The van der Waals surface area contributed by atoms with Gasteiger partial charge in [-0.05, 0) is 18.1 Å². The molecule has 4 nitrogen and oxygen atoms in total. The highest BCUT2D eigenvalue weighted by Crippen LogP contribution is 2.25. The normalized spacial score (nSPS) is 11.1. The summed E-state index contributed by atoms with van der Waals surface area (Å²) < 4.78 is 4.31. The first-order chi connectivity index (χ1) is 10.7. The molecule has 4 heteroatoms. The molecular formula is C18H23N4+. The molecule has 0 bridgehead atoms. The summed E-state index contributed by atoms with van der Waals surface area (Å²) in [4.78, 5) is 4.85. The maximum absolute atomic E-state index is 4.85. The number of benzene rings is 1. The van der Waals surface area contributed by atoms with Gasteiger partial charge in [0.25, 0.3) is 0 Å². The Labute approximate surface area is 131 Å². The summed E-state index contributed by atoms with van der Waals surface area (Å²) in [5.41, 5.74) is 2.57. The maximum Gasteiger partial charge on any atom is 0.240 e. The van der Waals surface area contributed by atoms with Crippen molar-refractivity contribution < 1.29 is 4.57 Å². The van der Waals surface area contributed by atoms with Crippen molar-refractivity contribution in [2.24, 2.45) is 7.05 Å². The SMILES string of the molecule is CCc1cn(-c2cc(NC)[n+](C)c(CC)n2)c2ccccc12. The molecule has 0 fully saturated rings. The largest absolute Gasteiger partial charge is 0.308 e. The summed E-state index contributed by atoms with van der Waals surface area (Å²) in [5.74, 6) is 3.10. The molecule has 0 saturated carbocycles. The summed E-state index contributed by atoms with van der Waals surface area (Å²) in [5, 5.41) is 4.57. The van der Waals surface area contributed by atoms with Crippen LogP contribution in [-0.4, -0.2) is 16.6 Å². The van der Waals surface area contributed by atoms with E-state index in [1.807, 2.05) is 14.1 Å². The first kappa shape index (κ1) is 14.6. The minimum atomic E-state index is 0.902. The molecule has 0 radical (unpaired) electrons. The van der Waals surface area contributed by atoms with Crippen LogP contribution in [0.25, 0.3) is 16.7 Å². The van der Waals surface area contributed by atoms with E-state index in [0.29, 0.717) is 0 Å². The van der Waals surface area contributed by atoms with Gasteiger partial charge in [-0.2, -0.15) is 0 Å². The van der Waals surface area contributed by atoms with Crippen molar-refractivity contribution in [3.05, 3.63) is 47.9 Å². The van der Waals surface area contributed by atoms with E-state index < -0.39 is 0 Å². The van der Waals surface area contributed by atoms with Crippen LogP contribution in [-0.2, 0) is 19.9 Å². The van der Waals surface area contributed by atoms with Crippen LogP contribution in [0.15, 0.2) is 36.5 Å². The second-order valence-electron chi connectivity index (χ2n) is 5.47. The number of anilines is 1. The van der Waals surface area contributed by atoms with Gasteiger partial charge in [-0.3, -0.25) is 4.57 Å². The molecule has 3 aromatic rings. The lowest BCUT2D eigenvalue weighted by Crippen LogP contribution is -2.38. The van der Waals surface area contributed by atoms with Crippen LogP contribution in [0.1, 0.15) is 25.2 Å². The number of nitrogens with zero attached hydrogens (tertiary/aromatic N) is 3. The Morgan fingerprint density at radius 3 is 2.64 bits per heavy atom. The van der Waals surface area contributed by atoms with Gasteiger partial charge in [-0.1, -0.05) is 37.0 Å². The quantitative estimate of drug-likeness (QED) is 0.751. The Bertz CT molecular complexity index is 792. The molecule has 0 amide bonds. The van der Waals surface area contributed by atoms with Crippen molar-refractivity contribution >= 4 is 16.7 Å². The van der Waals surface area contributed by atoms with Crippen molar-refractivity contribution in [1.29, 1.82) is 0 Å². The van der Waals surface area contributed by atoms with Crippen LogP contribution in [0.5, 0.6) is 0 Å². The predicted molar refractivity (Wildman–Crippen MR) is 90.5 cm³/mol. The fourth-order valence-corrected chi connectivity index (χ4v) is 3.00. The Morgan fingerprint density at radius 1 is 1.18 bits per heavy atom. The van der Waals surface area contributed by atoms with E-state index in [4.69, 9.17) is 4.98 Å². The van der Waals surface area contributed by atoms with Gasteiger partial charge in [-0.25, -0.2) is 4.57 Å². The minimum Gasteiger partial charge on any atom is -0.308 e. The zero-order valence-corrected chi connectivity index (χ0v) is 13.7. The lowest BCUT2D eigenvalue weighted by atomic mass is 10.1. The summed E-state index contributed by atoms with van der Waals surface area (Å²) in [6.07, 6.45) is 4.14. The van der Waals surface area contributed by atoms with Crippen molar-refractivity contribution in [2.75, 3.05) is 12.4 Å². The highest BCUT2D eigenvalue weighted by molar-refractivity contribution is 5.85. The van der Waals surface area contributed by atoms with Crippen molar-refractivity contribution in [2.45, 2.75) is 26.7 Å². The third kappa shape index (κ3) is 2.25. The topological polar surface area (TPSA) is 33.7 Å². The zero-order valence-electron chi connectivity index (χ0n) is 13.7. The average molecular weight is 295 g/mol. The summed E-state index contributed by atoms with van der Waals surface area (Å²) in [6, 6.07) is 10.6. The van der Waals surface area contributed by atoms with Crippen LogP contribution in [0.3, 0.4) is 0 Å². The Hall–Kier alpha value is -2.36. The molecule has 0 saturated heterocycles. The number of nitrogens with one attached hydrogen (secondary N) is 1. The van der Waals surface area contributed by atoms with Crippen LogP contribution < -0.4 is 9.88 Å². The Morgan fingerprint density at radius 2 is 1.95 bits per heavy atom. The Balaban J connectivity index is 2.28. The number of aromatic nitrogens is 3. The van der Waals surface area contributed by atoms with Crippen LogP contribution in [0, 0.1) is 0 Å². The third-order valence-corrected chi connectivity index (χ3v) is 4.25. The van der Waals surface area contributed by atoms with Crippen LogP contribution in [0.2, 0.25) is 0 Å². The Kier molecular flexibility index (Phi) is 3.84. The highest BCUT2D eigenvalue weighted by Gasteiger charge is 2.17. The number of hydrogen-bond donors (Lipinski definition) is 1. The molecule has 22 heavy (non-hydrogen) atoms. The number of fused-ring (bicyclic) bond motifs is 1. The molecule has 0 spiro atoms. The minimum absolute atomic E-state index is 0.902. The number of aryl methyl sites for hydroxylation is 2. The average Bonchev–Trinajstić information content (AvgIpc) is 2.94. The van der Waals surface area contributed by atoms with Gasteiger partial charge >= 0.3 is 0 Å². The lowest BCUT2D eigenvalue weighted by molar-refractivity contribution is -0.668. The molecule has 3 rings (SSSR count). The van der Waals surface area contributed by atoms with E-state index in [-0.39, 0.29) is 0 Å². The van der Waals surface area contributed by atoms with Gasteiger partial charge in [-0.15, -0.1) is 0 Å². The molecular weight excluding hydrogens is 272 g/mol. The van der Waals surface area contributed by atoms with Gasteiger partial charge in [0, 0.05) is 25.1 Å². The van der Waals surface area contributed by atoms with Crippen molar-refractivity contribution in [3.63, 3.8) is 0 Å². The van der Waals surface area contributed by atoms with E-state index in [0.717, 1.165) is 30.3 Å². The van der Waals surface area contributed by atoms with Gasteiger partial charge < -0.3 is 5.32 Å². The zero-order chi connectivity index (χ0) is 15.7. The molecule has 0 aliphatic heterocycles. The fraction of sp³-hybridized carbons (Fsp3) is 0.333. The molecule has 114 valence electrons. The third-order valence-electron chi connectivity index (χ3n) is 4.25. The van der Waals surface area contributed by atoms with E-state index in [2.05, 4.69) is 64.8 Å². The molecule has 0 unspecified atom stereocenters. The van der Waals surface area contributed by atoms with E-state index in [1.54, 1.807) is 0 Å². The molecule has 0 aliphatic rings. The van der Waals surface area contributed by atoms with E-state index >= 15 is 0 Å².